The molecular formula is C21H32FN5O. The van der Waals surface area contributed by atoms with Gasteiger partial charge in [-0.05, 0) is 56.8 Å². The van der Waals surface area contributed by atoms with Crippen LogP contribution in [0.15, 0.2) is 18.6 Å². The van der Waals surface area contributed by atoms with Crippen LogP contribution in [-0.2, 0) is 0 Å². The number of nitrogens with zero attached hydrogens (tertiary/aromatic N) is 4. The molecule has 7 heteroatoms. The molecule has 2 aromatic heterocycles. The van der Waals surface area contributed by atoms with Crippen LogP contribution in [0.25, 0.3) is 0 Å². The van der Waals surface area contributed by atoms with Crippen molar-refractivity contribution in [2.24, 2.45) is 17.3 Å². The highest BCUT2D eigenvalue weighted by molar-refractivity contribution is 5.50. The van der Waals surface area contributed by atoms with Crippen LogP contribution in [0, 0.1) is 23.1 Å². The lowest BCUT2D eigenvalue weighted by atomic mass is 9.70. The van der Waals surface area contributed by atoms with Gasteiger partial charge in [-0.2, -0.15) is 14.5 Å². The van der Waals surface area contributed by atoms with Gasteiger partial charge < -0.3 is 10.1 Å². The van der Waals surface area contributed by atoms with E-state index in [0.29, 0.717) is 23.9 Å². The minimum Gasteiger partial charge on any atom is -0.475 e. The zero-order valence-corrected chi connectivity index (χ0v) is 17.6. The SMILES string of the molecule is CC(C)n1cc(Nc2ncc(F)c(OC[C@H]3CC[C@H](C(C)(C)C)CC3)n2)cn1. The number of ether oxygens (including phenoxy) is 1. The molecule has 0 spiro atoms. The predicted octanol–water partition coefficient (Wildman–Crippen LogP) is 5.37. The van der Waals surface area contributed by atoms with E-state index in [9.17, 15) is 4.39 Å². The van der Waals surface area contributed by atoms with Gasteiger partial charge in [-0.15, -0.1) is 0 Å². The first-order valence-corrected chi connectivity index (χ1v) is 10.2. The van der Waals surface area contributed by atoms with Crippen LogP contribution in [0.4, 0.5) is 16.0 Å². The van der Waals surface area contributed by atoms with Gasteiger partial charge in [-0.1, -0.05) is 20.8 Å². The van der Waals surface area contributed by atoms with E-state index in [-0.39, 0.29) is 11.9 Å². The molecule has 0 aromatic carbocycles. The van der Waals surface area contributed by atoms with Gasteiger partial charge in [0.05, 0.1) is 24.7 Å². The molecule has 3 rings (SSSR count). The van der Waals surface area contributed by atoms with Crippen LogP contribution in [0.3, 0.4) is 0 Å². The molecule has 0 atom stereocenters. The van der Waals surface area contributed by atoms with Gasteiger partial charge in [0.15, 0.2) is 0 Å². The number of hydrogen-bond acceptors (Lipinski definition) is 5. The summed E-state index contributed by atoms with van der Waals surface area (Å²) in [6, 6.07) is 0.261. The van der Waals surface area contributed by atoms with Crippen LogP contribution in [0.5, 0.6) is 5.88 Å². The third kappa shape index (κ3) is 5.20. The van der Waals surface area contributed by atoms with Gasteiger partial charge in [-0.3, -0.25) is 4.68 Å². The summed E-state index contributed by atoms with van der Waals surface area (Å²) in [6.07, 6.45) is 9.36. The highest BCUT2D eigenvalue weighted by Crippen LogP contribution is 2.39. The molecule has 1 saturated carbocycles. The lowest BCUT2D eigenvalue weighted by Gasteiger charge is -2.36. The standard InChI is InChI=1S/C21H32FN5O/c1-14(2)27-12-17(10-24-27)25-20-23-11-18(22)19(26-20)28-13-15-6-8-16(9-7-15)21(3,4)5/h10-12,14-16H,6-9,13H2,1-5H3,(H,23,25,26)/t15-,16-. The summed E-state index contributed by atoms with van der Waals surface area (Å²) in [4.78, 5) is 8.21. The van der Waals surface area contributed by atoms with E-state index >= 15 is 0 Å². The minimum atomic E-state index is -0.535. The number of nitrogens with one attached hydrogen (secondary N) is 1. The van der Waals surface area contributed by atoms with E-state index in [4.69, 9.17) is 4.74 Å². The Kier molecular flexibility index (Phi) is 6.20. The van der Waals surface area contributed by atoms with Crippen LogP contribution in [-0.4, -0.2) is 26.4 Å². The molecule has 2 aromatic rings. The third-order valence-corrected chi connectivity index (χ3v) is 5.63. The first-order chi connectivity index (χ1) is 13.2. The third-order valence-electron chi connectivity index (χ3n) is 5.63. The highest BCUT2D eigenvalue weighted by atomic mass is 19.1. The minimum absolute atomic E-state index is 0.00620. The second kappa shape index (κ2) is 8.45. The van der Waals surface area contributed by atoms with Gasteiger partial charge >= 0.3 is 0 Å². The molecule has 0 radical (unpaired) electrons. The topological polar surface area (TPSA) is 64.9 Å². The van der Waals surface area contributed by atoms with Gasteiger partial charge in [0.1, 0.15) is 0 Å². The Labute approximate surface area is 166 Å². The maximum atomic E-state index is 14.1. The Bertz CT molecular complexity index is 775. The number of anilines is 2. The number of aromatic nitrogens is 4. The molecule has 0 amide bonds. The van der Waals surface area contributed by atoms with Crippen LogP contribution in [0.2, 0.25) is 0 Å². The van der Waals surface area contributed by atoms with Crippen LogP contribution >= 0.6 is 0 Å². The quantitative estimate of drug-likeness (QED) is 0.720. The van der Waals surface area contributed by atoms with Crippen LogP contribution < -0.4 is 10.1 Å². The Balaban J connectivity index is 1.56. The Morgan fingerprint density at radius 1 is 1.21 bits per heavy atom. The van der Waals surface area contributed by atoms with Crippen molar-refractivity contribution < 1.29 is 9.13 Å². The van der Waals surface area contributed by atoms with E-state index in [2.05, 4.69) is 41.2 Å². The van der Waals surface area contributed by atoms with Gasteiger partial charge in [0.25, 0.3) is 5.88 Å². The van der Waals surface area contributed by atoms with E-state index in [0.717, 1.165) is 30.6 Å². The zero-order chi connectivity index (χ0) is 20.3. The summed E-state index contributed by atoms with van der Waals surface area (Å²) in [5.74, 6) is 0.977. The lowest BCUT2D eigenvalue weighted by Crippen LogP contribution is -2.28. The molecule has 6 nitrogen and oxygen atoms in total. The second-order valence-electron chi connectivity index (χ2n) is 9.17. The summed E-state index contributed by atoms with van der Waals surface area (Å²) in [7, 11) is 0. The molecule has 28 heavy (non-hydrogen) atoms. The maximum absolute atomic E-state index is 14.1. The van der Waals surface area contributed by atoms with Crippen molar-refractivity contribution in [3.05, 3.63) is 24.4 Å². The molecule has 2 heterocycles. The van der Waals surface area contributed by atoms with Crippen molar-refractivity contribution in [3.63, 3.8) is 0 Å². The number of hydrogen-bond donors (Lipinski definition) is 1. The van der Waals surface area contributed by atoms with Crippen molar-refractivity contribution in [1.82, 2.24) is 19.7 Å². The molecule has 1 aliphatic rings. The largest absolute Gasteiger partial charge is 0.475 e. The molecule has 0 saturated heterocycles. The van der Waals surface area contributed by atoms with E-state index in [1.165, 1.54) is 12.8 Å². The maximum Gasteiger partial charge on any atom is 0.255 e. The number of halogens is 1. The Morgan fingerprint density at radius 3 is 2.54 bits per heavy atom. The molecule has 0 aliphatic heterocycles. The molecular weight excluding hydrogens is 357 g/mol. The first kappa shape index (κ1) is 20.6. The molecule has 0 unspecified atom stereocenters. The van der Waals surface area contributed by atoms with Gasteiger partial charge in [0.2, 0.25) is 11.8 Å². The fourth-order valence-corrected chi connectivity index (χ4v) is 3.72. The fourth-order valence-electron chi connectivity index (χ4n) is 3.72. The van der Waals surface area contributed by atoms with E-state index in [1.807, 2.05) is 24.7 Å². The Hall–Kier alpha value is -2.18. The fraction of sp³-hybridized carbons (Fsp3) is 0.667. The molecule has 1 fully saturated rings. The lowest BCUT2D eigenvalue weighted by molar-refractivity contribution is 0.118. The van der Waals surface area contributed by atoms with Gasteiger partial charge in [-0.25, -0.2) is 4.98 Å². The zero-order valence-electron chi connectivity index (χ0n) is 17.6. The monoisotopic (exact) mass is 389 g/mol. The van der Waals surface area contributed by atoms with Crippen molar-refractivity contribution in [3.8, 4) is 5.88 Å². The molecule has 1 N–H and O–H groups in total. The summed E-state index contributed by atoms with van der Waals surface area (Å²) < 4.78 is 21.7. The summed E-state index contributed by atoms with van der Waals surface area (Å²) >= 11 is 0. The van der Waals surface area contributed by atoms with Crippen molar-refractivity contribution >= 4 is 11.6 Å². The van der Waals surface area contributed by atoms with Crippen LogP contribution in [0.1, 0.15) is 66.3 Å². The first-order valence-electron chi connectivity index (χ1n) is 10.2. The highest BCUT2D eigenvalue weighted by Gasteiger charge is 2.30. The molecule has 1 aliphatic carbocycles. The predicted molar refractivity (Wildman–Crippen MR) is 108 cm³/mol. The van der Waals surface area contributed by atoms with E-state index in [1.54, 1.807) is 6.20 Å². The molecule has 154 valence electrons. The normalized spacial score (nSPS) is 20.4. The summed E-state index contributed by atoms with van der Waals surface area (Å²) in [6.45, 7) is 11.5. The van der Waals surface area contributed by atoms with Crippen molar-refractivity contribution in [2.45, 2.75) is 66.3 Å². The Morgan fingerprint density at radius 2 is 1.93 bits per heavy atom. The molecule has 0 bridgehead atoms. The number of rotatable bonds is 6. The average Bonchev–Trinajstić information content (AvgIpc) is 3.10. The average molecular weight is 390 g/mol. The van der Waals surface area contributed by atoms with Crippen molar-refractivity contribution in [2.75, 3.05) is 11.9 Å². The smallest absolute Gasteiger partial charge is 0.255 e. The summed E-state index contributed by atoms with van der Waals surface area (Å²) in [5.41, 5.74) is 1.11. The second-order valence-corrected chi connectivity index (χ2v) is 9.17. The van der Waals surface area contributed by atoms with Crippen molar-refractivity contribution in [1.29, 1.82) is 0 Å². The summed E-state index contributed by atoms with van der Waals surface area (Å²) in [5, 5.41) is 7.32. The van der Waals surface area contributed by atoms with Gasteiger partial charge in [0, 0.05) is 12.2 Å². The van der Waals surface area contributed by atoms with E-state index < -0.39 is 5.82 Å².